The number of carboxylic acid groups (broad SMARTS) is 1. The Kier molecular flexibility index (Phi) is 4.79. The maximum atomic E-state index is 12.0. The smallest absolute Gasteiger partial charge is 0.326 e. The molecule has 3 N–H and O–H groups in total. The van der Waals surface area contributed by atoms with Gasteiger partial charge < -0.3 is 20.4 Å². The number of carbonyl (C=O) groups is 2. The predicted octanol–water partition coefficient (Wildman–Crippen LogP) is 0.898. The molecule has 0 aromatic heterocycles. The third kappa shape index (κ3) is 3.83. The summed E-state index contributed by atoms with van der Waals surface area (Å²) < 4.78 is 0. The molecular weight excluding hydrogens is 248 g/mol. The largest absolute Gasteiger partial charge is 0.480 e. The molecule has 0 saturated carbocycles. The van der Waals surface area contributed by atoms with E-state index in [0.717, 1.165) is 0 Å². The van der Waals surface area contributed by atoms with Crippen molar-refractivity contribution in [2.75, 3.05) is 13.1 Å². The third-order valence-electron chi connectivity index (χ3n) is 4.08. The lowest BCUT2D eigenvalue weighted by Crippen LogP contribution is -2.48. The number of nitrogens with zero attached hydrogens (tertiary/aromatic N) is 1. The van der Waals surface area contributed by atoms with Gasteiger partial charge in [0, 0.05) is 19.5 Å². The summed E-state index contributed by atoms with van der Waals surface area (Å²) in [6, 6.07) is -1.35. The summed E-state index contributed by atoms with van der Waals surface area (Å²) in [6.07, 6.45) is -0.666. The van der Waals surface area contributed by atoms with Crippen LogP contribution >= 0.6 is 0 Å². The van der Waals surface area contributed by atoms with Crippen LogP contribution in [0.4, 0.5) is 4.79 Å². The number of likely N-dealkylation sites (tertiary alicyclic amines) is 1. The SMILES string of the molecule is CC(C)C(C)(C)CNC(=O)N1C[C@H](O)C[C@H]1C(=O)O. The Bertz CT molecular complexity index is 355. The Hall–Kier alpha value is -1.30. The Morgan fingerprint density at radius 3 is 2.47 bits per heavy atom. The van der Waals surface area contributed by atoms with Crippen molar-refractivity contribution in [3.05, 3.63) is 0 Å². The summed E-state index contributed by atoms with van der Waals surface area (Å²) in [6.45, 7) is 8.79. The van der Waals surface area contributed by atoms with Gasteiger partial charge in [0.2, 0.25) is 0 Å². The number of urea groups is 1. The topological polar surface area (TPSA) is 89.9 Å². The zero-order chi connectivity index (χ0) is 14.8. The molecule has 2 amide bonds. The van der Waals surface area contributed by atoms with E-state index < -0.39 is 24.1 Å². The van der Waals surface area contributed by atoms with E-state index in [2.05, 4.69) is 19.2 Å². The fourth-order valence-corrected chi connectivity index (χ4v) is 1.88. The van der Waals surface area contributed by atoms with Crippen molar-refractivity contribution in [1.29, 1.82) is 0 Å². The van der Waals surface area contributed by atoms with Crippen LogP contribution in [0.15, 0.2) is 0 Å². The lowest BCUT2D eigenvalue weighted by atomic mass is 9.81. The molecule has 1 aliphatic heterocycles. The minimum atomic E-state index is -1.07. The molecule has 1 saturated heterocycles. The molecule has 1 rings (SSSR count). The van der Waals surface area contributed by atoms with Gasteiger partial charge in [-0.15, -0.1) is 0 Å². The second-order valence-corrected chi connectivity index (χ2v) is 6.20. The molecule has 1 heterocycles. The number of hydrogen-bond acceptors (Lipinski definition) is 3. The van der Waals surface area contributed by atoms with Gasteiger partial charge in [-0.3, -0.25) is 0 Å². The summed E-state index contributed by atoms with van der Waals surface area (Å²) in [7, 11) is 0. The van der Waals surface area contributed by atoms with Crippen LogP contribution in [0.3, 0.4) is 0 Å². The van der Waals surface area contributed by atoms with E-state index in [0.29, 0.717) is 12.5 Å². The van der Waals surface area contributed by atoms with Gasteiger partial charge in [-0.25, -0.2) is 9.59 Å². The van der Waals surface area contributed by atoms with E-state index in [-0.39, 0.29) is 18.4 Å². The number of aliphatic hydroxyl groups is 1. The first-order valence-electron chi connectivity index (χ1n) is 6.60. The van der Waals surface area contributed by atoms with Gasteiger partial charge in [0.25, 0.3) is 0 Å². The summed E-state index contributed by atoms with van der Waals surface area (Å²) >= 11 is 0. The van der Waals surface area contributed by atoms with Crippen LogP contribution in [0.5, 0.6) is 0 Å². The van der Waals surface area contributed by atoms with Crippen molar-refractivity contribution in [1.82, 2.24) is 10.2 Å². The van der Waals surface area contributed by atoms with Crippen molar-refractivity contribution in [2.24, 2.45) is 11.3 Å². The van der Waals surface area contributed by atoms with Crippen LogP contribution in [0.2, 0.25) is 0 Å². The molecule has 19 heavy (non-hydrogen) atoms. The number of aliphatic hydroxyl groups excluding tert-OH is 1. The molecule has 0 unspecified atom stereocenters. The highest BCUT2D eigenvalue weighted by Crippen LogP contribution is 2.25. The van der Waals surface area contributed by atoms with Gasteiger partial charge in [0.15, 0.2) is 0 Å². The van der Waals surface area contributed by atoms with Gasteiger partial charge in [-0.05, 0) is 11.3 Å². The quantitative estimate of drug-likeness (QED) is 0.709. The Balaban J connectivity index is 2.60. The number of β-amino-alcohol motifs (C(OH)–C–C–N with tert-alkyl or cyclic N) is 1. The van der Waals surface area contributed by atoms with Crippen molar-refractivity contribution in [3.63, 3.8) is 0 Å². The lowest BCUT2D eigenvalue weighted by molar-refractivity contribution is -0.141. The van der Waals surface area contributed by atoms with Gasteiger partial charge >= 0.3 is 12.0 Å². The minimum Gasteiger partial charge on any atom is -0.480 e. The van der Waals surface area contributed by atoms with Crippen LogP contribution in [0.1, 0.15) is 34.1 Å². The summed E-state index contributed by atoms with van der Waals surface area (Å²) in [5, 5.41) is 21.3. The van der Waals surface area contributed by atoms with E-state index in [4.69, 9.17) is 5.11 Å². The van der Waals surface area contributed by atoms with Crippen LogP contribution in [0, 0.1) is 11.3 Å². The normalized spacial score (nSPS) is 23.8. The number of amides is 2. The molecule has 0 spiro atoms. The first-order valence-corrected chi connectivity index (χ1v) is 6.60. The average Bonchev–Trinajstić information content (AvgIpc) is 2.68. The zero-order valence-corrected chi connectivity index (χ0v) is 12.0. The fraction of sp³-hybridized carbons (Fsp3) is 0.846. The van der Waals surface area contributed by atoms with Crippen molar-refractivity contribution in [2.45, 2.75) is 46.3 Å². The summed E-state index contributed by atoms with van der Waals surface area (Å²) in [5.74, 6) is -0.679. The highest BCUT2D eigenvalue weighted by Gasteiger charge is 2.39. The zero-order valence-electron chi connectivity index (χ0n) is 12.0. The van der Waals surface area contributed by atoms with E-state index in [1.807, 2.05) is 13.8 Å². The number of hydrogen-bond donors (Lipinski definition) is 3. The third-order valence-corrected chi connectivity index (χ3v) is 4.08. The van der Waals surface area contributed by atoms with E-state index in [1.165, 1.54) is 4.90 Å². The number of rotatable bonds is 4. The Morgan fingerprint density at radius 2 is 2.00 bits per heavy atom. The van der Waals surface area contributed by atoms with Gasteiger partial charge in [0.05, 0.1) is 6.10 Å². The van der Waals surface area contributed by atoms with Crippen LogP contribution in [-0.2, 0) is 4.79 Å². The van der Waals surface area contributed by atoms with Crippen molar-refractivity contribution in [3.8, 4) is 0 Å². The number of carboxylic acids is 1. The summed E-state index contributed by atoms with van der Waals surface area (Å²) in [5.41, 5.74) is -0.0628. The molecule has 0 radical (unpaired) electrons. The molecule has 0 aromatic rings. The molecule has 0 bridgehead atoms. The molecule has 6 heteroatoms. The van der Waals surface area contributed by atoms with Gasteiger partial charge in [-0.1, -0.05) is 27.7 Å². The number of nitrogens with one attached hydrogen (secondary N) is 1. The highest BCUT2D eigenvalue weighted by molar-refractivity contribution is 5.83. The molecular formula is C13H24N2O4. The molecule has 6 nitrogen and oxygen atoms in total. The standard InChI is InChI=1S/C13H24N2O4/c1-8(2)13(3,4)7-14-12(19)15-6-9(16)5-10(15)11(17)18/h8-10,16H,5-7H2,1-4H3,(H,14,19)(H,17,18)/t9-,10+/m1/s1. The fourth-order valence-electron chi connectivity index (χ4n) is 1.88. The monoisotopic (exact) mass is 272 g/mol. The summed E-state index contributed by atoms with van der Waals surface area (Å²) in [4.78, 5) is 24.3. The second-order valence-electron chi connectivity index (χ2n) is 6.20. The maximum Gasteiger partial charge on any atom is 0.326 e. The molecule has 1 fully saturated rings. The van der Waals surface area contributed by atoms with E-state index in [1.54, 1.807) is 0 Å². The van der Waals surface area contributed by atoms with Crippen LogP contribution < -0.4 is 5.32 Å². The Morgan fingerprint density at radius 1 is 1.42 bits per heavy atom. The van der Waals surface area contributed by atoms with Crippen molar-refractivity contribution >= 4 is 12.0 Å². The predicted molar refractivity (Wildman–Crippen MR) is 70.8 cm³/mol. The molecule has 0 aromatic carbocycles. The first kappa shape index (κ1) is 15.8. The average molecular weight is 272 g/mol. The Labute approximate surface area is 113 Å². The van der Waals surface area contributed by atoms with Gasteiger partial charge in [0.1, 0.15) is 6.04 Å². The molecule has 110 valence electrons. The second kappa shape index (κ2) is 5.77. The van der Waals surface area contributed by atoms with E-state index >= 15 is 0 Å². The molecule has 2 atom stereocenters. The van der Waals surface area contributed by atoms with E-state index in [9.17, 15) is 14.7 Å². The lowest BCUT2D eigenvalue weighted by Gasteiger charge is -2.31. The first-order chi connectivity index (χ1) is 8.65. The number of aliphatic carboxylic acids is 1. The maximum absolute atomic E-state index is 12.0. The van der Waals surface area contributed by atoms with Crippen LogP contribution in [0.25, 0.3) is 0 Å². The molecule has 1 aliphatic rings. The minimum absolute atomic E-state index is 0.0628. The van der Waals surface area contributed by atoms with Gasteiger partial charge in [-0.2, -0.15) is 0 Å². The molecule has 0 aliphatic carbocycles. The number of carbonyl (C=O) groups excluding carboxylic acids is 1. The van der Waals surface area contributed by atoms with Crippen molar-refractivity contribution < 1.29 is 19.8 Å². The highest BCUT2D eigenvalue weighted by atomic mass is 16.4. The van der Waals surface area contributed by atoms with Crippen LogP contribution in [-0.4, -0.2) is 52.3 Å².